The first-order chi connectivity index (χ1) is 19.9. The molecule has 0 aliphatic carbocycles. The predicted molar refractivity (Wildman–Crippen MR) is 149 cm³/mol. The van der Waals surface area contributed by atoms with E-state index < -0.39 is 23.7 Å². The molecule has 12 nitrogen and oxygen atoms in total. The summed E-state index contributed by atoms with van der Waals surface area (Å²) in [5.74, 6) is -2.05. The number of carbonyl (C=O) groups is 3. The lowest BCUT2D eigenvalue weighted by molar-refractivity contribution is -0.142. The Morgan fingerprint density at radius 1 is 0.976 bits per heavy atom. The number of morpholine rings is 1. The maximum absolute atomic E-state index is 15.4. The van der Waals surface area contributed by atoms with Crippen LogP contribution in [0.3, 0.4) is 0 Å². The Morgan fingerprint density at radius 2 is 1.63 bits per heavy atom. The number of hydrogen-bond acceptors (Lipinski definition) is 8. The fourth-order valence-electron chi connectivity index (χ4n) is 5.52. The van der Waals surface area contributed by atoms with Gasteiger partial charge in [-0.05, 0) is 43.4 Å². The first-order valence-electron chi connectivity index (χ1n) is 14.1. The SMILES string of the molecule is O=C(N[C@@H](Cc1ccc(NC(=O)N2CCOCC2)cc1)C(=O)O)C1CCCN(c2ncnc(N3CCCC3)c2F)C1. The first kappa shape index (κ1) is 28.5. The number of urea groups is 1. The minimum absolute atomic E-state index is 0.0783. The summed E-state index contributed by atoms with van der Waals surface area (Å²) in [5, 5.41) is 15.3. The third kappa shape index (κ3) is 7.02. The van der Waals surface area contributed by atoms with E-state index in [-0.39, 0.29) is 36.5 Å². The average molecular weight is 570 g/mol. The molecule has 3 aliphatic rings. The molecule has 3 saturated heterocycles. The van der Waals surface area contributed by atoms with Crippen LogP contribution in [-0.2, 0) is 20.7 Å². The van der Waals surface area contributed by atoms with Gasteiger partial charge in [0, 0.05) is 51.4 Å². The number of aliphatic carboxylic acids is 1. The molecule has 1 aromatic carbocycles. The standard InChI is InChI=1S/C28H36FN7O5/c29-23-24(34-9-1-2-10-34)30-18-31-25(23)36-11-3-4-20(17-36)26(37)33-22(27(38)39)16-19-5-7-21(8-6-19)32-28(40)35-12-14-41-15-13-35/h5-8,18,20,22H,1-4,9-17H2,(H,32,40)(H,33,37)(H,38,39)/t20?,22-/m0/s1. The monoisotopic (exact) mass is 569 g/mol. The van der Waals surface area contributed by atoms with Gasteiger partial charge in [0.15, 0.2) is 11.6 Å². The summed E-state index contributed by atoms with van der Waals surface area (Å²) in [4.78, 5) is 51.3. The Morgan fingerprint density at radius 3 is 2.32 bits per heavy atom. The fourth-order valence-corrected chi connectivity index (χ4v) is 5.52. The number of carbonyl (C=O) groups excluding carboxylic acids is 2. The molecule has 220 valence electrons. The number of nitrogens with one attached hydrogen (secondary N) is 2. The van der Waals surface area contributed by atoms with Gasteiger partial charge in [-0.1, -0.05) is 12.1 Å². The van der Waals surface area contributed by atoms with Crippen molar-refractivity contribution in [1.82, 2.24) is 20.2 Å². The lowest BCUT2D eigenvalue weighted by Crippen LogP contribution is -2.49. The Balaban J connectivity index is 1.18. The number of ether oxygens (including phenoxy) is 1. The highest BCUT2D eigenvalue weighted by Crippen LogP contribution is 2.29. The van der Waals surface area contributed by atoms with Crippen LogP contribution in [0.2, 0.25) is 0 Å². The van der Waals surface area contributed by atoms with Crippen LogP contribution < -0.4 is 20.4 Å². The smallest absolute Gasteiger partial charge is 0.326 e. The maximum atomic E-state index is 15.4. The molecular weight excluding hydrogens is 533 g/mol. The second-order valence-electron chi connectivity index (χ2n) is 10.6. The molecular formula is C28H36FN7O5. The summed E-state index contributed by atoms with van der Waals surface area (Å²) in [5.41, 5.74) is 1.29. The number of rotatable bonds is 8. The van der Waals surface area contributed by atoms with Crippen LogP contribution >= 0.6 is 0 Å². The van der Waals surface area contributed by atoms with Gasteiger partial charge in [0.1, 0.15) is 12.4 Å². The summed E-state index contributed by atoms with van der Waals surface area (Å²) in [6.07, 6.45) is 4.63. The van der Waals surface area contributed by atoms with Crippen LogP contribution in [0, 0.1) is 11.7 Å². The molecule has 13 heteroatoms. The van der Waals surface area contributed by atoms with Crippen molar-refractivity contribution in [2.45, 2.75) is 38.1 Å². The van der Waals surface area contributed by atoms with Crippen LogP contribution in [0.15, 0.2) is 30.6 Å². The summed E-state index contributed by atoms with van der Waals surface area (Å²) in [6, 6.07) is 5.53. The van der Waals surface area contributed by atoms with E-state index in [1.165, 1.54) is 6.33 Å². The van der Waals surface area contributed by atoms with Gasteiger partial charge in [-0.15, -0.1) is 0 Å². The molecule has 0 bridgehead atoms. The lowest BCUT2D eigenvalue weighted by atomic mass is 9.96. The predicted octanol–water partition coefficient (Wildman–Crippen LogP) is 2.11. The number of halogens is 1. The maximum Gasteiger partial charge on any atom is 0.326 e. The number of piperidine rings is 1. The van der Waals surface area contributed by atoms with Gasteiger partial charge >= 0.3 is 12.0 Å². The quantitative estimate of drug-likeness (QED) is 0.436. The third-order valence-electron chi connectivity index (χ3n) is 7.81. The lowest BCUT2D eigenvalue weighted by Gasteiger charge is -2.34. The molecule has 0 saturated carbocycles. The number of aromatic nitrogens is 2. The minimum atomic E-state index is -1.15. The Hall–Kier alpha value is -4.00. The average Bonchev–Trinajstić information content (AvgIpc) is 3.53. The Bertz CT molecular complexity index is 1230. The van der Waals surface area contributed by atoms with Crippen molar-refractivity contribution >= 4 is 35.2 Å². The van der Waals surface area contributed by atoms with Crippen LogP contribution in [0.5, 0.6) is 0 Å². The van der Waals surface area contributed by atoms with Crippen molar-refractivity contribution in [2.75, 3.05) is 67.6 Å². The van der Waals surface area contributed by atoms with Crippen molar-refractivity contribution in [1.29, 1.82) is 0 Å². The van der Waals surface area contributed by atoms with Crippen molar-refractivity contribution in [3.8, 4) is 0 Å². The van der Waals surface area contributed by atoms with Gasteiger partial charge in [-0.2, -0.15) is 4.39 Å². The third-order valence-corrected chi connectivity index (χ3v) is 7.81. The number of carboxylic acid groups (broad SMARTS) is 1. The Labute approximate surface area is 237 Å². The van der Waals surface area contributed by atoms with E-state index in [1.54, 1.807) is 34.1 Å². The number of amides is 3. The van der Waals surface area contributed by atoms with E-state index in [0.29, 0.717) is 56.9 Å². The second kappa shape index (κ2) is 13.1. The first-order valence-corrected chi connectivity index (χ1v) is 14.1. The summed E-state index contributed by atoms with van der Waals surface area (Å²) in [7, 11) is 0. The van der Waals surface area contributed by atoms with Gasteiger partial charge in [0.05, 0.1) is 19.1 Å². The van der Waals surface area contributed by atoms with Crippen molar-refractivity contribution < 1.29 is 28.6 Å². The topological polar surface area (TPSA) is 140 Å². The zero-order chi connectivity index (χ0) is 28.8. The molecule has 5 rings (SSSR count). The van der Waals surface area contributed by atoms with Crippen molar-refractivity contribution in [2.24, 2.45) is 5.92 Å². The van der Waals surface area contributed by atoms with Gasteiger partial charge in [0.25, 0.3) is 0 Å². The molecule has 0 spiro atoms. The summed E-state index contributed by atoms with van der Waals surface area (Å²) < 4.78 is 20.6. The van der Waals surface area contributed by atoms with E-state index in [9.17, 15) is 19.5 Å². The minimum Gasteiger partial charge on any atom is -0.480 e. The molecule has 3 fully saturated rings. The molecule has 2 aromatic rings. The summed E-state index contributed by atoms with van der Waals surface area (Å²) in [6.45, 7) is 4.35. The van der Waals surface area contributed by atoms with E-state index in [0.717, 1.165) is 25.9 Å². The van der Waals surface area contributed by atoms with E-state index in [1.807, 2.05) is 4.90 Å². The molecule has 1 aromatic heterocycles. The molecule has 1 unspecified atom stereocenters. The Kier molecular flexibility index (Phi) is 9.12. The van der Waals surface area contributed by atoms with Crippen LogP contribution in [-0.4, -0.2) is 96.4 Å². The molecule has 3 amide bonds. The molecule has 3 N–H and O–H groups in total. The number of carboxylic acids is 1. The van der Waals surface area contributed by atoms with Crippen molar-refractivity contribution in [3.63, 3.8) is 0 Å². The molecule has 0 radical (unpaired) electrons. The number of hydrogen-bond donors (Lipinski definition) is 3. The molecule has 2 atom stereocenters. The zero-order valence-electron chi connectivity index (χ0n) is 22.9. The number of nitrogens with zero attached hydrogens (tertiary/aromatic N) is 5. The van der Waals surface area contributed by atoms with E-state index in [2.05, 4.69) is 20.6 Å². The van der Waals surface area contributed by atoms with Crippen LogP contribution in [0.25, 0.3) is 0 Å². The van der Waals surface area contributed by atoms with Gasteiger partial charge in [-0.3, -0.25) is 4.79 Å². The van der Waals surface area contributed by atoms with Gasteiger partial charge < -0.3 is 35.2 Å². The van der Waals surface area contributed by atoms with E-state index in [4.69, 9.17) is 4.74 Å². The van der Waals surface area contributed by atoms with Crippen LogP contribution in [0.1, 0.15) is 31.2 Å². The highest BCUT2D eigenvalue weighted by molar-refractivity contribution is 5.89. The number of anilines is 3. The van der Waals surface area contributed by atoms with Crippen molar-refractivity contribution in [3.05, 3.63) is 42.0 Å². The molecule has 41 heavy (non-hydrogen) atoms. The fraction of sp³-hybridized carbons (Fsp3) is 0.536. The highest BCUT2D eigenvalue weighted by atomic mass is 19.1. The molecule has 4 heterocycles. The van der Waals surface area contributed by atoms with E-state index >= 15 is 4.39 Å². The van der Waals surface area contributed by atoms with Gasteiger partial charge in [-0.25, -0.2) is 19.6 Å². The highest BCUT2D eigenvalue weighted by Gasteiger charge is 2.32. The largest absolute Gasteiger partial charge is 0.480 e. The zero-order valence-corrected chi connectivity index (χ0v) is 22.9. The van der Waals surface area contributed by atoms with Crippen LogP contribution in [0.4, 0.5) is 26.5 Å². The normalized spacial score (nSPS) is 20.0. The second-order valence-corrected chi connectivity index (χ2v) is 10.6. The number of benzene rings is 1. The molecule has 3 aliphatic heterocycles. The van der Waals surface area contributed by atoms with Gasteiger partial charge in [0.2, 0.25) is 11.7 Å². The summed E-state index contributed by atoms with van der Waals surface area (Å²) >= 11 is 0.